The van der Waals surface area contributed by atoms with Gasteiger partial charge >= 0.3 is 0 Å². The molecule has 0 saturated carbocycles. The maximum absolute atomic E-state index is 14.3. The number of anilines is 2. The minimum Gasteiger partial charge on any atom is -0.381 e. The number of sulfonamides is 1. The van der Waals surface area contributed by atoms with Gasteiger partial charge in [0, 0.05) is 31.2 Å². The van der Waals surface area contributed by atoms with Crippen LogP contribution in [-0.2, 0) is 17.1 Å². The van der Waals surface area contributed by atoms with E-state index in [0.29, 0.717) is 33.7 Å². The van der Waals surface area contributed by atoms with Crippen molar-refractivity contribution in [1.29, 1.82) is 0 Å². The first-order valence-electron chi connectivity index (χ1n) is 12.6. The van der Waals surface area contributed by atoms with Crippen molar-refractivity contribution in [2.45, 2.75) is 17.9 Å². The van der Waals surface area contributed by atoms with Crippen LogP contribution in [0.3, 0.4) is 0 Å². The number of carbonyl (C=O) groups is 1. The monoisotopic (exact) mass is 564 g/mol. The van der Waals surface area contributed by atoms with Crippen LogP contribution in [0.25, 0.3) is 11.7 Å². The van der Waals surface area contributed by atoms with E-state index in [1.807, 2.05) is 0 Å². The Labute approximate surface area is 236 Å². The molecule has 4 heterocycles. The molecule has 1 aliphatic heterocycles. The molecule has 0 saturated heterocycles. The Kier molecular flexibility index (Phi) is 6.28. The van der Waals surface area contributed by atoms with Gasteiger partial charge in [0.05, 0.1) is 29.2 Å². The summed E-state index contributed by atoms with van der Waals surface area (Å²) in [6.45, 7) is 1.71. The Bertz CT molecular complexity index is 2020. The number of carbonyl (C=O) groups excluding carboxylic acids is 1. The van der Waals surface area contributed by atoms with Gasteiger partial charge < -0.3 is 11.1 Å². The maximum atomic E-state index is 14.3. The molecule has 1 unspecified atom stereocenters. The fraction of sp³-hybridized carbons (Fsp3) is 0.103. The second-order valence-corrected chi connectivity index (χ2v) is 11.1. The van der Waals surface area contributed by atoms with Crippen LogP contribution in [-0.4, -0.2) is 44.7 Å². The zero-order valence-corrected chi connectivity index (χ0v) is 22.9. The molecular formula is C29H24N8O3S. The molecule has 0 spiro atoms. The molecule has 3 N–H and O–H groups in total. The second-order valence-electron chi connectivity index (χ2n) is 9.39. The predicted molar refractivity (Wildman–Crippen MR) is 154 cm³/mol. The van der Waals surface area contributed by atoms with Crippen molar-refractivity contribution in [3.63, 3.8) is 0 Å². The fourth-order valence-corrected chi connectivity index (χ4v) is 6.64. The average molecular weight is 565 g/mol. The van der Waals surface area contributed by atoms with Gasteiger partial charge in [-0.1, -0.05) is 42.2 Å². The van der Waals surface area contributed by atoms with E-state index < -0.39 is 22.0 Å². The van der Waals surface area contributed by atoms with Crippen molar-refractivity contribution in [3.05, 3.63) is 107 Å². The molecule has 6 rings (SSSR count). The number of nitrogens with one attached hydrogen (secondary N) is 1. The molecule has 1 atom stereocenters. The van der Waals surface area contributed by atoms with E-state index >= 15 is 0 Å². The lowest BCUT2D eigenvalue weighted by molar-refractivity contribution is 0.0947. The highest BCUT2D eigenvalue weighted by atomic mass is 32.2. The molecule has 0 fully saturated rings. The standard InChI is InChI=1S/C29H24N8O3S/c1-19(33-29(38)25-27(30)34-36-15-7-14-31-28(25)36)24-16-22-9-6-8-21(13-12-20-17-32-35(2)18-20)26(22)41(39,40)37(24)23-10-4-3-5-11-23/h3-11,14-19H,1-2H3,(H2,30,34)(H,33,38). The van der Waals surface area contributed by atoms with Gasteiger partial charge in [-0.2, -0.15) is 5.10 Å². The number of para-hydroxylation sites is 1. The summed E-state index contributed by atoms with van der Waals surface area (Å²) in [6, 6.07) is 14.8. The third-order valence-corrected chi connectivity index (χ3v) is 8.43. The Morgan fingerprint density at radius 2 is 1.88 bits per heavy atom. The van der Waals surface area contributed by atoms with E-state index in [0.717, 1.165) is 0 Å². The lowest BCUT2D eigenvalue weighted by Crippen LogP contribution is -2.44. The van der Waals surface area contributed by atoms with E-state index in [1.165, 1.54) is 15.0 Å². The van der Waals surface area contributed by atoms with Crippen molar-refractivity contribution >= 4 is 39.2 Å². The fourth-order valence-electron chi connectivity index (χ4n) is 4.74. The molecule has 204 valence electrons. The van der Waals surface area contributed by atoms with Crippen LogP contribution in [0.1, 0.15) is 34.0 Å². The summed E-state index contributed by atoms with van der Waals surface area (Å²) in [7, 11) is -2.37. The Hall–Kier alpha value is -5.41. The number of aromatic nitrogens is 5. The normalized spacial score (nSPS) is 14.5. The molecule has 11 nitrogen and oxygen atoms in total. The molecule has 3 aromatic heterocycles. The summed E-state index contributed by atoms with van der Waals surface area (Å²) in [5, 5.41) is 11.2. The van der Waals surface area contributed by atoms with Crippen LogP contribution < -0.4 is 15.4 Å². The van der Waals surface area contributed by atoms with Crippen molar-refractivity contribution < 1.29 is 13.2 Å². The summed E-state index contributed by atoms with van der Waals surface area (Å²) in [5.74, 6) is 5.49. The van der Waals surface area contributed by atoms with Gasteiger partial charge in [-0.25, -0.2) is 22.2 Å². The number of nitrogens with two attached hydrogens (primary N) is 1. The molecular weight excluding hydrogens is 540 g/mol. The predicted octanol–water partition coefficient (Wildman–Crippen LogP) is 2.81. The zero-order valence-electron chi connectivity index (χ0n) is 22.1. The van der Waals surface area contributed by atoms with Crippen LogP contribution >= 0.6 is 0 Å². The van der Waals surface area contributed by atoms with E-state index in [1.54, 1.807) is 97.9 Å². The number of nitrogens with zero attached hydrogens (tertiary/aromatic N) is 6. The highest BCUT2D eigenvalue weighted by Crippen LogP contribution is 2.38. The molecule has 12 heteroatoms. The first-order chi connectivity index (χ1) is 19.7. The molecule has 0 aliphatic carbocycles. The minimum absolute atomic E-state index is 0.0146. The summed E-state index contributed by atoms with van der Waals surface area (Å²) >= 11 is 0. The van der Waals surface area contributed by atoms with Gasteiger partial charge in [-0.05, 0) is 42.8 Å². The van der Waals surface area contributed by atoms with Gasteiger partial charge in [-0.3, -0.25) is 9.48 Å². The number of nitrogen functional groups attached to an aromatic ring is 1. The summed E-state index contributed by atoms with van der Waals surface area (Å²) < 4.78 is 33.0. The number of rotatable bonds is 4. The van der Waals surface area contributed by atoms with Crippen LogP contribution in [0.15, 0.2) is 90.0 Å². The first-order valence-corrected chi connectivity index (χ1v) is 14.0. The van der Waals surface area contributed by atoms with Gasteiger partial charge in [0.2, 0.25) is 0 Å². The number of aryl methyl sites for hydroxylation is 1. The molecule has 0 radical (unpaired) electrons. The Balaban J connectivity index is 1.45. The average Bonchev–Trinajstić information content (AvgIpc) is 3.53. The summed E-state index contributed by atoms with van der Waals surface area (Å²) in [6.07, 6.45) is 8.29. The SMILES string of the molecule is CC(NC(=O)c1c(N)nn2cccnc12)C1=Cc2cccc(C#Cc3cnn(C)c3)c2S(=O)(=O)N1c1ccccc1. The first kappa shape index (κ1) is 25.8. The quantitative estimate of drug-likeness (QED) is 0.320. The van der Waals surface area contributed by atoms with Gasteiger partial charge in [0.15, 0.2) is 11.5 Å². The number of fused-ring (bicyclic) bond motifs is 2. The van der Waals surface area contributed by atoms with Crippen LogP contribution in [0.4, 0.5) is 11.5 Å². The third kappa shape index (κ3) is 4.58. The number of amides is 1. The van der Waals surface area contributed by atoms with E-state index in [-0.39, 0.29) is 16.3 Å². The molecule has 5 aromatic rings. The van der Waals surface area contributed by atoms with Crippen LogP contribution in [0.5, 0.6) is 0 Å². The zero-order chi connectivity index (χ0) is 28.7. The lowest BCUT2D eigenvalue weighted by atomic mass is 10.1. The number of benzene rings is 2. The molecule has 1 aliphatic rings. The molecule has 1 amide bonds. The van der Waals surface area contributed by atoms with Crippen LogP contribution in [0, 0.1) is 11.8 Å². The Morgan fingerprint density at radius 1 is 1.07 bits per heavy atom. The van der Waals surface area contributed by atoms with E-state index in [2.05, 4.69) is 32.3 Å². The highest BCUT2D eigenvalue weighted by molar-refractivity contribution is 7.93. The van der Waals surface area contributed by atoms with Crippen LogP contribution in [0.2, 0.25) is 0 Å². The molecule has 41 heavy (non-hydrogen) atoms. The lowest BCUT2D eigenvalue weighted by Gasteiger charge is -2.34. The van der Waals surface area contributed by atoms with E-state index in [4.69, 9.17) is 5.73 Å². The highest BCUT2D eigenvalue weighted by Gasteiger charge is 2.38. The van der Waals surface area contributed by atoms with Gasteiger partial charge in [0.25, 0.3) is 15.9 Å². The smallest absolute Gasteiger partial charge is 0.270 e. The summed E-state index contributed by atoms with van der Waals surface area (Å²) in [4.78, 5) is 17.7. The van der Waals surface area contributed by atoms with Gasteiger partial charge in [-0.15, -0.1) is 5.10 Å². The number of hydrogen-bond donors (Lipinski definition) is 2. The van der Waals surface area contributed by atoms with Crippen molar-refractivity contribution in [1.82, 2.24) is 29.7 Å². The maximum Gasteiger partial charge on any atom is 0.270 e. The Morgan fingerprint density at radius 3 is 2.63 bits per heavy atom. The topological polar surface area (TPSA) is 141 Å². The largest absolute Gasteiger partial charge is 0.381 e. The third-order valence-electron chi connectivity index (χ3n) is 6.56. The van der Waals surface area contributed by atoms with Gasteiger partial charge in [0.1, 0.15) is 10.5 Å². The summed E-state index contributed by atoms with van der Waals surface area (Å²) in [5.41, 5.74) is 8.68. The van der Waals surface area contributed by atoms with Crippen molar-refractivity contribution in [2.75, 3.05) is 10.0 Å². The van der Waals surface area contributed by atoms with E-state index in [9.17, 15) is 13.2 Å². The van der Waals surface area contributed by atoms with Crippen molar-refractivity contribution in [2.24, 2.45) is 7.05 Å². The number of hydrogen-bond acceptors (Lipinski definition) is 7. The molecule has 0 bridgehead atoms. The minimum atomic E-state index is -4.16. The molecule has 2 aromatic carbocycles. The van der Waals surface area contributed by atoms with Crippen molar-refractivity contribution in [3.8, 4) is 11.8 Å². The second kappa shape index (κ2) is 9.96.